The van der Waals surface area contributed by atoms with Crippen LogP contribution in [0, 0.1) is 0 Å². The number of fused-ring (bicyclic) bond motifs is 1. The Labute approximate surface area is 123 Å². The Morgan fingerprint density at radius 1 is 1.00 bits per heavy atom. The van der Waals surface area contributed by atoms with Crippen LogP contribution in [0.4, 0.5) is 0 Å². The van der Waals surface area contributed by atoms with Crippen molar-refractivity contribution in [3.05, 3.63) is 59.2 Å². The largest absolute Gasteiger partial charge is 0.493 e. The molecule has 0 saturated heterocycles. The van der Waals surface area contributed by atoms with Gasteiger partial charge in [-0.15, -0.1) is 0 Å². The van der Waals surface area contributed by atoms with E-state index in [0.717, 1.165) is 11.1 Å². The van der Waals surface area contributed by atoms with Crippen LogP contribution in [0.25, 0.3) is 0 Å². The van der Waals surface area contributed by atoms with E-state index in [2.05, 4.69) is 0 Å². The Kier molecular flexibility index (Phi) is 3.29. The number of benzene rings is 2. The highest BCUT2D eigenvalue weighted by Crippen LogP contribution is 2.42. The van der Waals surface area contributed by atoms with Crippen LogP contribution in [-0.2, 0) is 0 Å². The van der Waals surface area contributed by atoms with Gasteiger partial charge < -0.3 is 14.4 Å². The highest BCUT2D eigenvalue weighted by atomic mass is 16.5. The van der Waals surface area contributed by atoms with Crippen LogP contribution < -0.4 is 9.47 Å². The lowest BCUT2D eigenvalue weighted by Gasteiger charge is -2.21. The van der Waals surface area contributed by atoms with Gasteiger partial charge in [0.05, 0.1) is 20.3 Å². The summed E-state index contributed by atoms with van der Waals surface area (Å²) in [4.78, 5) is 14.2. The average Bonchev–Trinajstić information content (AvgIpc) is 2.78. The van der Waals surface area contributed by atoms with Crippen LogP contribution in [0.15, 0.2) is 42.5 Å². The molecule has 0 N–H and O–H groups in total. The van der Waals surface area contributed by atoms with Gasteiger partial charge in [-0.25, -0.2) is 0 Å². The van der Waals surface area contributed by atoms with Crippen molar-refractivity contribution in [1.29, 1.82) is 0 Å². The van der Waals surface area contributed by atoms with E-state index in [-0.39, 0.29) is 11.9 Å². The summed E-state index contributed by atoms with van der Waals surface area (Å²) in [5.41, 5.74) is 2.70. The summed E-state index contributed by atoms with van der Waals surface area (Å²) < 4.78 is 10.7. The maximum Gasteiger partial charge on any atom is 0.254 e. The van der Waals surface area contributed by atoms with Gasteiger partial charge in [0, 0.05) is 12.6 Å². The fourth-order valence-corrected chi connectivity index (χ4v) is 2.86. The third kappa shape index (κ3) is 2.03. The van der Waals surface area contributed by atoms with Crippen molar-refractivity contribution in [2.45, 2.75) is 6.04 Å². The standard InChI is InChI=1S/C17H17NO3/c1-18-16(11-7-5-4-6-8-11)12-9-14(20-2)15(21-3)10-13(12)17(18)19/h4-10,16H,1-3H3. The SMILES string of the molecule is COc1cc2c(cc1OC)C(c1ccccc1)N(C)C2=O. The molecule has 4 heteroatoms. The Morgan fingerprint density at radius 2 is 1.62 bits per heavy atom. The number of rotatable bonds is 3. The van der Waals surface area contributed by atoms with Gasteiger partial charge in [-0.1, -0.05) is 30.3 Å². The highest BCUT2D eigenvalue weighted by Gasteiger charge is 2.36. The number of carbonyl (C=O) groups is 1. The van der Waals surface area contributed by atoms with Gasteiger partial charge in [-0.05, 0) is 23.3 Å². The number of methoxy groups -OCH3 is 2. The van der Waals surface area contributed by atoms with E-state index in [1.165, 1.54) is 0 Å². The lowest BCUT2D eigenvalue weighted by atomic mass is 9.97. The maximum absolute atomic E-state index is 12.5. The number of amides is 1. The molecule has 1 atom stereocenters. The molecule has 0 fully saturated rings. The zero-order chi connectivity index (χ0) is 15.0. The number of carbonyl (C=O) groups excluding carboxylic acids is 1. The molecule has 0 aliphatic carbocycles. The van der Waals surface area contributed by atoms with Crippen molar-refractivity contribution in [3.8, 4) is 11.5 Å². The van der Waals surface area contributed by atoms with Crippen molar-refractivity contribution in [2.24, 2.45) is 0 Å². The van der Waals surface area contributed by atoms with Crippen molar-refractivity contribution in [2.75, 3.05) is 21.3 Å². The third-order valence-electron chi connectivity index (χ3n) is 3.90. The molecule has 0 radical (unpaired) electrons. The molecular formula is C17H17NO3. The van der Waals surface area contributed by atoms with Gasteiger partial charge in [0.15, 0.2) is 11.5 Å². The summed E-state index contributed by atoms with van der Waals surface area (Å²) in [5.74, 6) is 1.21. The van der Waals surface area contributed by atoms with Crippen LogP contribution in [0.1, 0.15) is 27.5 Å². The van der Waals surface area contributed by atoms with E-state index >= 15 is 0 Å². The summed E-state index contributed by atoms with van der Waals surface area (Å²) in [6.07, 6.45) is 0. The molecule has 108 valence electrons. The molecule has 21 heavy (non-hydrogen) atoms. The molecule has 1 aliphatic heterocycles. The minimum absolute atomic E-state index is 0.000180. The predicted molar refractivity (Wildman–Crippen MR) is 79.9 cm³/mol. The molecule has 1 unspecified atom stereocenters. The van der Waals surface area contributed by atoms with Crippen LogP contribution in [0.5, 0.6) is 11.5 Å². The molecule has 3 rings (SSSR count). The lowest BCUT2D eigenvalue weighted by molar-refractivity contribution is 0.0793. The Hall–Kier alpha value is -2.49. The van der Waals surface area contributed by atoms with Gasteiger partial charge in [0.2, 0.25) is 0 Å². The van der Waals surface area contributed by atoms with Crippen LogP contribution >= 0.6 is 0 Å². The summed E-state index contributed by atoms with van der Waals surface area (Å²) in [7, 11) is 4.99. The first-order chi connectivity index (χ1) is 10.2. The van der Waals surface area contributed by atoms with E-state index in [1.807, 2.05) is 43.4 Å². The molecule has 0 aromatic heterocycles. The average molecular weight is 283 g/mol. The molecule has 0 bridgehead atoms. The number of hydrogen-bond acceptors (Lipinski definition) is 3. The second kappa shape index (κ2) is 5.13. The minimum Gasteiger partial charge on any atom is -0.493 e. The molecule has 1 amide bonds. The second-order valence-electron chi connectivity index (χ2n) is 5.02. The van der Waals surface area contributed by atoms with Gasteiger partial charge in [0.25, 0.3) is 5.91 Å². The summed E-state index contributed by atoms with van der Waals surface area (Å²) >= 11 is 0. The van der Waals surface area contributed by atoms with E-state index in [9.17, 15) is 4.79 Å². The first-order valence-electron chi connectivity index (χ1n) is 6.75. The number of nitrogens with zero attached hydrogens (tertiary/aromatic N) is 1. The summed E-state index contributed by atoms with van der Waals surface area (Å²) in [5, 5.41) is 0. The third-order valence-corrected chi connectivity index (χ3v) is 3.90. The Morgan fingerprint density at radius 3 is 2.24 bits per heavy atom. The first-order valence-corrected chi connectivity index (χ1v) is 6.75. The Balaban J connectivity index is 2.18. The molecule has 2 aromatic carbocycles. The number of hydrogen-bond donors (Lipinski definition) is 0. The quantitative estimate of drug-likeness (QED) is 0.869. The van der Waals surface area contributed by atoms with Crippen LogP contribution in [0.3, 0.4) is 0 Å². The van der Waals surface area contributed by atoms with Gasteiger partial charge in [-0.2, -0.15) is 0 Å². The first kappa shape index (κ1) is 13.5. The number of ether oxygens (including phenoxy) is 2. The fraction of sp³-hybridized carbons (Fsp3) is 0.235. The fourth-order valence-electron chi connectivity index (χ4n) is 2.86. The minimum atomic E-state index is -0.0893. The molecule has 2 aromatic rings. The topological polar surface area (TPSA) is 38.8 Å². The van der Waals surface area contributed by atoms with Crippen molar-refractivity contribution >= 4 is 5.91 Å². The normalized spacial score (nSPS) is 16.8. The Bertz CT molecular complexity index is 682. The maximum atomic E-state index is 12.5. The van der Waals surface area contributed by atoms with Crippen molar-refractivity contribution < 1.29 is 14.3 Å². The van der Waals surface area contributed by atoms with Gasteiger partial charge in [0.1, 0.15) is 0 Å². The van der Waals surface area contributed by atoms with E-state index < -0.39 is 0 Å². The zero-order valence-corrected chi connectivity index (χ0v) is 12.3. The molecule has 4 nitrogen and oxygen atoms in total. The summed E-state index contributed by atoms with van der Waals surface area (Å²) in [6.45, 7) is 0. The van der Waals surface area contributed by atoms with E-state index in [0.29, 0.717) is 17.1 Å². The molecule has 0 saturated carbocycles. The van der Waals surface area contributed by atoms with Gasteiger partial charge >= 0.3 is 0 Å². The molecule has 1 aliphatic rings. The van der Waals surface area contributed by atoms with Crippen molar-refractivity contribution in [1.82, 2.24) is 4.90 Å². The molecule has 1 heterocycles. The van der Waals surface area contributed by atoms with E-state index in [1.54, 1.807) is 25.2 Å². The van der Waals surface area contributed by atoms with Gasteiger partial charge in [-0.3, -0.25) is 4.79 Å². The summed E-state index contributed by atoms with van der Waals surface area (Å²) in [6, 6.07) is 13.5. The molecular weight excluding hydrogens is 266 g/mol. The predicted octanol–water partition coefficient (Wildman–Crippen LogP) is 2.88. The van der Waals surface area contributed by atoms with Crippen LogP contribution in [-0.4, -0.2) is 32.1 Å². The second-order valence-corrected chi connectivity index (χ2v) is 5.02. The van der Waals surface area contributed by atoms with Crippen LogP contribution in [0.2, 0.25) is 0 Å². The molecule has 0 spiro atoms. The monoisotopic (exact) mass is 283 g/mol. The van der Waals surface area contributed by atoms with Crippen molar-refractivity contribution in [3.63, 3.8) is 0 Å². The zero-order valence-electron chi connectivity index (χ0n) is 12.3. The van der Waals surface area contributed by atoms with E-state index in [4.69, 9.17) is 9.47 Å². The highest BCUT2D eigenvalue weighted by molar-refractivity contribution is 6.00. The lowest BCUT2D eigenvalue weighted by Crippen LogP contribution is -2.23. The smallest absolute Gasteiger partial charge is 0.254 e.